The van der Waals surface area contributed by atoms with Crippen LogP contribution in [0.1, 0.15) is 43.0 Å². The predicted molar refractivity (Wildman–Crippen MR) is 126 cm³/mol. The summed E-state index contributed by atoms with van der Waals surface area (Å²) in [5.74, 6) is 1.22. The van der Waals surface area contributed by atoms with Gasteiger partial charge in [0.05, 0.1) is 22.9 Å². The summed E-state index contributed by atoms with van der Waals surface area (Å²) >= 11 is 0. The number of carbonyl (C=O) groups excluding carboxylic acids is 1. The molecule has 9 nitrogen and oxygen atoms in total. The zero-order valence-corrected chi connectivity index (χ0v) is 19.5. The number of fused-ring (bicyclic) bond motifs is 1. The van der Waals surface area contributed by atoms with Crippen LogP contribution in [0, 0.1) is 12.8 Å². The first kappa shape index (κ1) is 21.8. The Labute approximate surface area is 192 Å². The number of nitrogens with one attached hydrogen (secondary N) is 3. The van der Waals surface area contributed by atoms with Gasteiger partial charge in [0.25, 0.3) is 0 Å². The summed E-state index contributed by atoms with van der Waals surface area (Å²) in [6, 6.07) is 7.16. The second kappa shape index (κ2) is 8.42. The number of aryl methyl sites for hydroxylation is 1. The Morgan fingerprint density at radius 1 is 1.15 bits per heavy atom. The van der Waals surface area contributed by atoms with Crippen molar-refractivity contribution in [1.29, 1.82) is 0 Å². The normalized spacial score (nSPS) is 18.9. The lowest BCUT2D eigenvalue weighted by Crippen LogP contribution is -2.16. The molecule has 0 spiro atoms. The number of pyridine rings is 1. The molecular formula is C23H27N5O4S. The average Bonchev–Trinajstić information content (AvgIpc) is 3.56. The Hall–Kier alpha value is -2.98. The van der Waals surface area contributed by atoms with E-state index in [1.807, 2.05) is 13.0 Å². The van der Waals surface area contributed by atoms with Gasteiger partial charge in [0, 0.05) is 30.8 Å². The van der Waals surface area contributed by atoms with Crippen LogP contribution in [0.5, 0.6) is 0 Å². The highest BCUT2D eigenvalue weighted by molar-refractivity contribution is 7.90. The molecule has 2 aliphatic rings. The third kappa shape index (κ3) is 4.72. The smallest absolute Gasteiger partial charge is 0.228 e. The fourth-order valence-corrected chi connectivity index (χ4v) is 5.06. The van der Waals surface area contributed by atoms with Crippen LogP contribution in [-0.2, 0) is 19.4 Å². The van der Waals surface area contributed by atoms with Crippen molar-refractivity contribution in [2.24, 2.45) is 5.92 Å². The van der Waals surface area contributed by atoms with Gasteiger partial charge in [0.1, 0.15) is 17.2 Å². The molecule has 174 valence electrons. The molecule has 1 aromatic carbocycles. The number of benzene rings is 1. The maximum Gasteiger partial charge on any atom is 0.228 e. The fraction of sp³-hybridized carbons (Fsp3) is 0.435. The van der Waals surface area contributed by atoms with Crippen LogP contribution in [-0.4, -0.2) is 48.7 Å². The van der Waals surface area contributed by atoms with Crippen LogP contribution >= 0.6 is 0 Å². The maximum absolute atomic E-state index is 12.7. The quantitative estimate of drug-likeness (QED) is 0.503. The van der Waals surface area contributed by atoms with Crippen molar-refractivity contribution >= 4 is 44.1 Å². The van der Waals surface area contributed by atoms with Crippen molar-refractivity contribution in [2.75, 3.05) is 30.1 Å². The lowest BCUT2D eigenvalue weighted by Gasteiger charge is -2.23. The first-order valence-electron chi connectivity index (χ1n) is 11.1. The molecule has 1 atom stereocenters. The van der Waals surface area contributed by atoms with Gasteiger partial charge in [0.2, 0.25) is 5.91 Å². The van der Waals surface area contributed by atoms with Gasteiger partial charge in [0.15, 0.2) is 15.5 Å². The third-order valence-corrected chi connectivity index (χ3v) is 7.21. The number of amides is 1. The van der Waals surface area contributed by atoms with Crippen molar-refractivity contribution in [3.63, 3.8) is 0 Å². The first-order valence-corrected chi connectivity index (χ1v) is 13.0. The van der Waals surface area contributed by atoms with Crippen molar-refractivity contribution in [3.05, 3.63) is 35.7 Å². The number of carbonyl (C=O) groups is 1. The number of aromatic amines is 1. The minimum atomic E-state index is -3.51. The van der Waals surface area contributed by atoms with E-state index in [-0.39, 0.29) is 22.6 Å². The van der Waals surface area contributed by atoms with E-state index >= 15 is 0 Å². The van der Waals surface area contributed by atoms with E-state index in [4.69, 9.17) is 4.74 Å². The molecule has 1 unspecified atom stereocenters. The lowest BCUT2D eigenvalue weighted by molar-refractivity contribution is -0.117. The number of hydrogen-bond acceptors (Lipinski definition) is 7. The highest BCUT2D eigenvalue weighted by atomic mass is 32.2. The van der Waals surface area contributed by atoms with Crippen molar-refractivity contribution in [1.82, 2.24) is 15.0 Å². The van der Waals surface area contributed by atoms with Gasteiger partial charge in [-0.25, -0.2) is 18.4 Å². The SMILES string of the molecule is Cc1nc2c(Nc3ccc(C4CCCOC4)cc3S(C)(=O)=O)cc(NC(=O)C3CC3)nc2[nH]1. The molecule has 1 aliphatic heterocycles. The van der Waals surface area contributed by atoms with Gasteiger partial charge in [-0.1, -0.05) is 6.07 Å². The van der Waals surface area contributed by atoms with E-state index in [9.17, 15) is 13.2 Å². The van der Waals surface area contributed by atoms with Gasteiger partial charge < -0.3 is 20.4 Å². The van der Waals surface area contributed by atoms with Crippen molar-refractivity contribution < 1.29 is 17.9 Å². The summed E-state index contributed by atoms with van der Waals surface area (Å²) in [5, 5.41) is 6.10. The van der Waals surface area contributed by atoms with Crippen molar-refractivity contribution in [3.8, 4) is 0 Å². The highest BCUT2D eigenvalue weighted by Gasteiger charge is 2.30. The number of nitrogens with zero attached hydrogens (tertiary/aromatic N) is 2. The van der Waals surface area contributed by atoms with Crippen LogP contribution in [0.2, 0.25) is 0 Å². The molecule has 3 aromatic rings. The minimum Gasteiger partial charge on any atom is -0.381 e. The fourth-order valence-electron chi connectivity index (χ4n) is 4.19. The summed E-state index contributed by atoms with van der Waals surface area (Å²) in [5.41, 5.74) is 3.05. The van der Waals surface area contributed by atoms with E-state index in [0.717, 1.165) is 37.9 Å². The highest BCUT2D eigenvalue weighted by Crippen LogP contribution is 2.35. The van der Waals surface area contributed by atoms with E-state index in [0.29, 0.717) is 40.8 Å². The summed E-state index contributed by atoms with van der Waals surface area (Å²) in [4.78, 5) is 24.6. The molecule has 1 aliphatic carbocycles. The Bertz CT molecular complexity index is 1320. The zero-order chi connectivity index (χ0) is 23.2. The second-order valence-corrected chi connectivity index (χ2v) is 10.9. The topological polar surface area (TPSA) is 126 Å². The largest absolute Gasteiger partial charge is 0.381 e. The van der Waals surface area contributed by atoms with Gasteiger partial charge >= 0.3 is 0 Å². The molecule has 33 heavy (non-hydrogen) atoms. The van der Waals surface area contributed by atoms with Crippen molar-refractivity contribution in [2.45, 2.75) is 43.4 Å². The zero-order valence-electron chi connectivity index (χ0n) is 18.6. The Morgan fingerprint density at radius 3 is 2.67 bits per heavy atom. The van der Waals surface area contributed by atoms with Crippen LogP contribution < -0.4 is 10.6 Å². The molecule has 3 heterocycles. The Morgan fingerprint density at radius 2 is 1.97 bits per heavy atom. The maximum atomic E-state index is 12.7. The van der Waals surface area contributed by atoms with Crippen LogP contribution in [0.4, 0.5) is 17.2 Å². The minimum absolute atomic E-state index is 0.0376. The molecule has 10 heteroatoms. The summed E-state index contributed by atoms with van der Waals surface area (Å²) in [7, 11) is -3.51. The number of aromatic nitrogens is 3. The molecule has 3 N–H and O–H groups in total. The third-order valence-electron chi connectivity index (χ3n) is 6.08. The van der Waals surface area contributed by atoms with E-state index < -0.39 is 9.84 Å². The van der Waals surface area contributed by atoms with Gasteiger partial charge in [-0.3, -0.25) is 4.79 Å². The van der Waals surface area contributed by atoms with Gasteiger partial charge in [-0.2, -0.15) is 0 Å². The Kier molecular flexibility index (Phi) is 5.57. The number of imidazole rings is 1. The first-order chi connectivity index (χ1) is 15.8. The molecule has 2 aromatic heterocycles. The van der Waals surface area contributed by atoms with Crippen LogP contribution in [0.3, 0.4) is 0 Å². The number of anilines is 3. The van der Waals surface area contributed by atoms with Gasteiger partial charge in [-0.15, -0.1) is 0 Å². The van der Waals surface area contributed by atoms with Crippen LogP contribution in [0.25, 0.3) is 11.2 Å². The molecule has 1 saturated carbocycles. The average molecular weight is 470 g/mol. The van der Waals surface area contributed by atoms with E-state index in [1.165, 1.54) is 6.26 Å². The number of sulfone groups is 1. The summed E-state index contributed by atoms with van der Waals surface area (Å²) in [6.07, 6.45) is 4.91. The molecule has 0 bridgehead atoms. The predicted octanol–water partition coefficient (Wildman–Crippen LogP) is 3.66. The molecule has 0 radical (unpaired) electrons. The molecule has 1 amide bonds. The van der Waals surface area contributed by atoms with Crippen LogP contribution in [0.15, 0.2) is 29.2 Å². The lowest BCUT2D eigenvalue weighted by atomic mass is 9.93. The van der Waals surface area contributed by atoms with E-state index in [2.05, 4.69) is 25.6 Å². The number of rotatable bonds is 6. The van der Waals surface area contributed by atoms with Gasteiger partial charge in [-0.05, 0) is 50.3 Å². The number of ether oxygens (including phenoxy) is 1. The molecular weight excluding hydrogens is 442 g/mol. The molecule has 5 rings (SSSR count). The molecule has 1 saturated heterocycles. The summed E-state index contributed by atoms with van der Waals surface area (Å²) in [6.45, 7) is 3.16. The van der Waals surface area contributed by atoms with E-state index in [1.54, 1.807) is 18.2 Å². The summed E-state index contributed by atoms with van der Waals surface area (Å²) < 4.78 is 30.9. The second-order valence-electron chi connectivity index (χ2n) is 8.90. The number of H-pyrrole nitrogens is 1. The number of hydrogen-bond donors (Lipinski definition) is 3. The standard InChI is InChI=1S/C23H27N5O4S/c1-13-24-21-18(11-20(27-22(21)25-13)28-23(29)14-5-6-14)26-17-8-7-15(10-19(17)33(2,30)31)16-4-3-9-32-12-16/h7-8,10-11,14,16H,3-6,9,12H2,1-2H3,(H3,24,25,26,27,28,29). The Balaban J connectivity index is 1.53. The molecule has 2 fully saturated rings. The monoisotopic (exact) mass is 469 g/mol.